The molecule has 3 rings (SSSR count). The van der Waals surface area contributed by atoms with Gasteiger partial charge in [-0.2, -0.15) is 0 Å². The van der Waals surface area contributed by atoms with Crippen molar-refractivity contribution < 1.29 is 13.2 Å². The maximum Gasteiger partial charge on any atom is 0.265 e. The first kappa shape index (κ1) is 17.4. The van der Waals surface area contributed by atoms with Crippen molar-refractivity contribution in [3.8, 4) is 0 Å². The van der Waals surface area contributed by atoms with Gasteiger partial charge in [-0.1, -0.05) is 41.7 Å². The lowest BCUT2D eigenvalue weighted by Gasteiger charge is -2.08. The third-order valence-corrected chi connectivity index (χ3v) is 6.18. The van der Waals surface area contributed by atoms with E-state index in [1.165, 1.54) is 4.90 Å². The number of anilines is 1. The van der Waals surface area contributed by atoms with E-state index in [0.717, 1.165) is 22.1 Å². The van der Waals surface area contributed by atoms with Crippen LogP contribution in [0, 0.1) is 6.92 Å². The second-order valence-electron chi connectivity index (χ2n) is 5.75. The molecule has 0 aliphatic rings. The lowest BCUT2D eigenvalue weighted by molar-refractivity contribution is 0.0831. The normalized spacial score (nSPS) is 11.5. The molecule has 2 aromatic carbocycles. The van der Waals surface area contributed by atoms with Crippen LogP contribution in [0.5, 0.6) is 0 Å². The van der Waals surface area contributed by atoms with Crippen LogP contribution in [0.15, 0.2) is 47.4 Å². The van der Waals surface area contributed by atoms with E-state index >= 15 is 0 Å². The first-order chi connectivity index (χ1) is 11.8. The van der Waals surface area contributed by atoms with Crippen molar-refractivity contribution in [1.29, 1.82) is 0 Å². The lowest BCUT2D eigenvalue weighted by Crippen LogP contribution is -2.21. The number of fused-ring (bicyclic) bond motifs is 1. The van der Waals surface area contributed by atoms with Gasteiger partial charge in [0.2, 0.25) is 0 Å². The zero-order valence-electron chi connectivity index (χ0n) is 14.0. The lowest BCUT2D eigenvalue weighted by atomic mass is 10.1. The number of aromatic nitrogens is 1. The fourth-order valence-electron chi connectivity index (χ4n) is 2.35. The van der Waals surface area contributed by atoms with Gasteiger partial charge in [-0.25, -0.2) is 13.4 Å². The SMILES string of the molecule is Cc1nc(NS(=O)(=O)c2ccc3ccccc3c2)sc1C(=O)N(C)C. The minimum atomic E-state index is -3.78. The maximum absolute atomic E-state index is 12.6. The number of benzene rings is 2. The van der Waals surface area contributed by atoms with Crippen molar-refractivity contribution in [2.24, 2.45) is 0 Å². The highest BCUT2D eigenvalue weighted by atomic mass is 32.2. The van der Waals surface area contributed by atoms with Crippen LogP contribution < -0.4 is 4.72 Å². The topological polar surface area (TPSA) is 79.4 Å². The average Bonchev–Trinajstić information content (AvgIpc) is 2.93. The molecule has 1 heterocycles. The van der Waals surface area contributed by atoms with Crippen LogP contribution in [0.2, 0.25) is 0 Å². The number of amides is 1. The number of carbonyl (C=O) groups excluding carboxylic acids is 1. The van der Waals surface area contributed by atoms with Crippen LogP contribution in [0.3, 0.4) is 0 Å². The summed E-state index contributed by atoms with van der Waals surface area (Å²) in [6, 6.07) is 12.5. The molecule has 0 saturated heterocycles. The second-order valence-corrected chi connectivity index (χ2v) is 8.43. The number of thiazole rings is 1. The van der Waals surface area contributed by atoms with E-state index in [1.807, 2.05) is 24.3 Å². The number of hydrogen-bond donors (Lipinski definition) is 1. The monoisotopic (exact) mass is 375 g/mol. The van der Waals surface area contributed by atoms with Gasteiger partial charge in [0.1, 0.15) is 4.88 Å². The van der Waals surface area contributed by atoms with E-state index in [0.29, 0.717) is 10.6 Å². The number of sulfonamides is 1. The maximum atomic E-state index is 12.6. The Balaban J connectivity index is 1.93. The fourth-order valence-corrected chi connectivity index (χ4v) is 4.61. The van der Waals surface area contributed by atoms with E-state index in [4.69, 9.17) is 0 Å². The molecule has 130 valence electrons. The quantitative estimate of drug-likeness (QED) is 0.760. The third kappa shape index (κ3) is 3.49. The molecule has 0 unspecified atom stereocenters. The van der Waals surface area contributed by atoms with Gasteiger partial charge in [0, 0.05) is 14.1 Å². The highest BCUT2D eigenvalue weighted by Gasteiger charge is 2.21. The summed E-state index contributed by atoms with van der Waals surface area (Å²) < 4.78 is 27.7. The summed E-state index contributed by atoms with van der Waals surface area (Å²) in [6.45, 7) is 1.68. The van der Waals surface area contributed by atoms with Crippen LogP contribution >= 0.6 is 11.3 Å². The molecule has 3 aromatic rings. The molecule has 6 nitrogen and oxygen atoms in total. The Morgan fingerprint density at radius 2 is 1.80 bits per heavy atom. The van der Waals surface area contributed by atoms with Gasteiger partial charge in [-0.05, 0) is 29.8 Å². The number of aryl methyl sites for hydroxylation is 1. The summed E-state index contributed by atoms with van der Waals surface area (Å²) in [5, 5.41) is 1.98. The molecule has 0 aliphatic heterocycles. The van der Waals surface area contributed by atoms with E-state index in [9.17, 15) is 13.2 Å². The van der Waals surface area contributed by atoms with Gasteiger partial charge in [-0.15, -0.1) is 0 Å². The molecular formula is C17H17N3O3S2. The minimum Gasteiger partial charge on any atom is -0.344 e. The van der Waals surface area contributed by atoms with Crippen LogP contribution in [0.1, 0.15) is 15.4 Å². The number of hydrogen-bond acceptors (Lipinski definition) is 5. The molecule has 25 heavy (non-hydrogen) atoms. The highest BCUT2D eigenvalue weighted by Crippen LogP contribution is 2.27. The number of rotatable bonds is 4. The van der Waals surface area contributed by atoms with Crippen molar-refractivity contribution in [2.75, 3.05) is 18.8 Å². The average molecular weight is 375 g/mol. The van der Waals surface area contributed by atoms with E-state index in [1.54, 1.807) is 39.2 Å². The Labute approximate surface area is 150 Å². The Morgan fingerprint density at radius 3 is 2.48 bits per heavy atom. The molecule has 1 amide bonds. The largest absolute Gasteiger partial charge is 0.344 e. The Hall–Kier alpha value is -2.45. The predicted molar refractivity (Wildman–Crippen MR) is 99.6 cm³/mol. The van der Waals surface area contributed by atoms with Crippen molar-refractivity contribution in [2.45, 2.75) is 11.8 Å². The first-order valence-corrected chi connectivity index (χ1v) is 9.78. The molecule has 0 saturated carbocycles. The Morgan fingerprint density at radius 1 is 1.12 bits per heavy atom. The summed E-state index contributed by atoms with van der Waals surface area (Å²) in [7, 11) is -0.503. The van der Waals surface area contributed by atoms with Gasteiger partial charge < -0.3 is 4.90 Å². The van der Waals surface area contributed by atoms with E-state index < -0.39 is 10.0 Å². The summed E-state index contributed by atoms with van der Waals surface area (Å²) in [5.74, 6) is -0.203. The summed E-state index contributed by atoms with van der Waals surface area (Å²) >= 11 is 1.03. The molecule has 0 bridgehead atoms. The molecular weight excluding hydrogens is 358 g/mol. The van der Waals surface area contributed by atoms with Crippen molar-refractivity contribution in [3.63, 3.8) is 0 Å². The van der Waals surface area contributed by atoms with Gasteiger partial charge in [0.15, 0.2) is 5.13 Å². The van der Waals surface area contributed by atoms with Crippen LogP contribution in [0.25, 0.3) is 10.8 Å². The molecule has 0 spiro atoms. The van der Waals surface area contributed by atoms with Crippen molar-refractivity contribution in [1.82, 2.24) is 9.88 Å². The Bertz CT molecular complexity index is 1060. The van der Waals surface area contributed by atoms with E-state index in [2.05, 4.69) is 9.71 Å². The number of nitrogens with zero attached hydrogens (tertiary/aromatic N) is 2. The molecule has 0 atom stereocenters. The minimum absolute atomic E-state index is 0.152. The smallest absolute Gasteiger partial charge is 0.265 e. The zero-order chi connectivity index (χ0) is 18.2. The fraction of sp³-hybridized carbons (Fsp3) is 0.176. The standard InChI is InChI=1S/C17H17N3O3S2/c1-11-15(16(21)20(2)3)24-17(18-11)19-25(22,23)14-9-8-12-6-4-5-7-13(12)10-14/h4-10H,1-3H3,(H,18,19). The third-order valence-electron chi connectivity index (χ3n) is 3.65. The zero-order valence-corrected chi connectivity index (χ0v) is 15.6. The highest BCUT2D eigenvalue weighted by molar-refractivity contribution is 7.93. The molecule has 8 heteroatoms. The molecule has 1 aromatic heterocycles. The first-order valence-electron chi connectivity index (χ1n) is 7.48. The van der Waals surface area contributed by atoms with Gasteiger partial charge in [-0.3, -0.25) is 9.52 Å². The molecule has 0 radical (unpaired) electrons. The van der Waals surface area contributed by atoms with Gasteiger partial charge >= 0.3 is 0 Å². The summed E-state index contributed by atoms with van der Waals surface area (Å²) in [6.07, 6.45) is 0. The van der Waals surface area contributed by atoms with Gasteiger partial charge in [0.25, 0.3) is 15.9 Å². The van der Waals surface area contributed by atoms with E-state index in [-0.39, 0.29) is 15.9 Å². The van der Waals surface area contributed by atoms with Crippen LogP contribution in [-0.4, -0.2) is 38.3 Å². The van der Waals surface area contributed by atoms with Crippen molar-refractivity contribution >= 4 is 43.2 Å². The second kappa shape index (κ2) is 6.45. The number of carbonyl (C=O) groups is 1. The number of nitrogens with one attached hydrogen (secondary N) is 1. The van der Waals surface area contributed by atoms with Gasteiger partial charge in [0.05, 0.1) is 10.6 Å². The molecule has 0 aliphatic carbocycles. The molecule has 1 N–H and O–H groups in total. The summed E-state index contributed by atoms with van der Waals surface area (Å²) in [5.41, 5.74) is 0.500. The van der Waals surface area contributed by atoms with Crippen molar-refractivity contribution in [3.05, 3.63) is 53.0 Å². The van der Waals surface area contributed by atoms with Crippen LogP contribution in [-0.2, 0) is 10.0 Å². The summed E-state index contributed by atoms with van der Waals surface area (Å²) in [4.78, 5) is 18.3. The molecule has 0 fully saturated rings. The predicted octanol–water partition coefficient (Wildman–Crippen LogP) is 3.11. The van der Waals surface area contributed by atoms with Crippen LogP contribution in [0.4, 0.5) is 5.13 Å². The Kier molecular flexibility index (Phi) is 4.49.